The molecule has 0 fully saturated rings. The Morgan fingerprint density at radius 2 is 1.62 bits per heavy atom. The van der Waals surface area contributed by atoms with Gasteiger partial charge in [-0.15, -0.1) is 10.2 Å². The first-order valence-corrected chi connectivity index (χ1v) is 9.05. The van der Waals surface area contributed by atoms with Gasteiger partial charge in [0.2, 0.25) is 5.88 Å². The molecule has 0 radical (unpaired) electrons. The molecule has 5 rings (SSSR count). The standard InChI is InChI=1S/C23H15N3O3/c27-22(20-14-15-8-4-7-13-19(15)29-20)25-24-21-17-11-5-6-12-18(17)26(23(21)28)16-9-2-1-3-10-16/h1-14,28H. The number of amides is 1. The SMILES string of the molecule is O=C(N=Nc1c(O)n(-c2ccccc2)c2ccccc12)c1cc2ccccc2o1. The Bertz CT molecular complexity index is 1350. The Balaban J connectivity index is 1.58. The number of fused-ring (bicyclic) bond motifs is 2. The van der Waals surface area contributed by atoms with Gasteiger partial charge >= 0.3 is 5.91 Å². The number of aromatic nitrogens is 1. The van der Waals surface area contributed by atoms with E-state index < -0.39 is 5.91 Å². The van der Waals surface area contributed by atoms with Crippen LogP contribution in [0.15, 0.2) is 99.6 Å². The van der Waals surface area contributed by atoms with Gasteiger partial charge in [0.1, 0.15) is 5.58 Å². The first-order chi connectivity index (χ1) is 14.2. The van der Waals surface area contributed by atoms with Crippen LogP contribution in [-0.4, -0.2) is 15.6 Å². The highest BCUT2D eigenvalue weighted by Crippen LogP contribution is 2.40. The van der Waals surface area contributed by atoms with Gasteiger partial charge in [-0.25, -0.2) is 0 Å². The van der Waals surface area contributed by atoms with Crippen LogP contribution in [0.1, 0.15) is 10.6 Å². The fraction of sp³-hybridized carbons (Fsp3) is 0. The minimum Gasteiger partial charge on any atom is -0.493 e. The molecule has 0 bridgehead atoms. The maximum absolute atomic E-state index is 12.5. The van der Waals surface area contributed by atoms with Crippen molar-refractivity contribution in [3.05, 3.63) is 90.7 Å². The summed E-state index contributed by atoms with van der Waals surface area (Å²) >= 11 is 0. The number of hydrogen-bond donors (Lipinski definition) is 1. The normalized spacial score (nSPS) is 11.6. The van der Waals surface area contributed by atoms with Gasteiger partial charge < -0.3 is 9.52 Å². The van der Waals surface area contributed by atoms with Crippen molar-refractivity contribution >= 4 is 33.5 Å². The Morgan fingerprint density at radius 3 is 2.45 bits per heavy atom. The molecule has 6 nitrogen and oxygen atoms in total. The molecule has 6 heteroatoms. The zero-order valence-corrected chi connectivity index (χ0v) is 15.2. The minimum absolute atomic E-state index is 0.0847. The number of carbonyl (C=O) groups excluding carboxylic acids is 1. The number of nitrogens with zero attached hydrogens (tertiary/aromatic N) is 3. The van der Waals surface area contributed by atoms with Crippen LogP contribution in [0.25, 0.3) is 27.6 Å². The van der Waals surface area contributed by atoms with Gasteiger partial charge in [0.25, 0.3) is 0 Å². The summed E-state index contributed by atoms with van der Waals surface area (Å²) in [5, 5.41) is 20.2. The number of benzene rings is 3. The summed E-state index contributed by atoms with van der Waals surface area (Å²) in [4.78, 5) is 12.5. The van der Waals surface area contributed by atoms with Crippen LogP contribution in [0.5, 0.6) is 5.88 Å². The molecule has 0 aliphatic carbocycles. The third kappa shape index (κ3) is 2.87. The molecule has 2 heterocycles. The first kappa shape index (κ1) is 16.9. The number of carbonyl (C=O) groups is 1. The molecular weight excluding hydrogens is 366 g/mol. The van der Waals surface area contributed by atoms with Gasteiger partial charge in [0.15, 0.2) is 11.4 Å². The topological polar surface area (TPSA) is 80.1 Å². The van der Waals surface area contributed by atoms with Crippen molar-refractivity contribution in [2.24, 2.45) is 10.2 Å². The molecule has 0 atom stereocenters. The summed E-state index contributed by atoms with van der Waals surface area (Å²) < 4.78 is 7.22. The highest BCUT2D eigenvalue weighted by atomic mass is 16.3. The van der Waals surface area contributed by atoms with Crippen LogP contribution in [0.4, 0.5) is 5.69 Å². The van der Waals surface area contributed by atoms with Crippen LogP contribution in [-0.2, 0) is 0 Å². The van der Waals surface area contributed by atoms with Crippen LogP contribution >= 0.6 is 0 Å². The van der Waals surface area contributed by atoms with Gasteiger partial charge in [-0.1, -0.05) is 54.6 Å². The third-order valence-corrected chi connectivity index (χ3v) is 4.72. The molecule has 3 aromatic carbocycles. The number of azo groups is 1. The molecule has 0 saturated carbocycles. The number of para-hydroxylation sites is 3. The zero-order valence-electron chi connectivity index (χ0n) is 15.2. The summed E-state index contributed by atoms with van der Waals surface area (Å²) in [6.07, 6.45) is 0. The number of aromatic hydroxyl groups is 1. The van der Waals surface area contributed by atoms with E-state index in [2.05, 4.69) is 10.2 Å². The van der Waals surface area contributed by atoms with Gasteiger partial charge in [0.05, 0.1) is 5.52 Å². The average molecular weight is 381 g/mol. The summed E-state index contributed by atoms with van der Waals surface area (Å²) in [7, 11) is 0. The van der Waals surface area contributed by atoms with Gasteiger partial charge in [-0.3, -0.25) is 9.36 Å². The van der Waals surface area contributed by atoms with Crippen LogP contribution in [0.3, 0.4) is 0 Å². The molecule has 2 aromatic heterocycles. The summed E-state index contributed by atoms with van der Waals surface area (Å²) in [6.45, 7) is 0. The van der Waals surface area contributed by atoms with E-state index in [1.807, 2.05) is 72.8 Å². The highest BCUT2D eigenvalue weighted by molar-refractivity contribution is 5.98. The minimum atomic E-state index is -0.614. The lowest BCUT2D eigenvalue weighted by Crippen LogP contribution is -1.92. The molecule has 29 heavy (non-hydrogen) atoms. The molecule has 1 N–H and O–H groups in total. The molecule has 0 aliphatic rings. The zero-order chi connectivity index (χ0) is 19.8. The molecule has 5 aromatic rings. The Labute approximate surface area is 165 Å². The fourth-order valence-electron chi connectivity index (χ4n) is 3.38. The van der Waals surface area contributed by atoms with E-state index in [0.717, 1.165) is 16.6 Å². The number of rotatable bonds is 3. The second-order valence-electron chi connectivity index (χ2n) is 6.51. The largest absolute Gasteiger partial charge is 0.493 e. The molecule has 140 valence electrons. The Kier molecular flexibility index (Phi) is 3.95. The summed E-state index contributed by atoms with van der Waals surface area (Å²) in [6, 6.07) is 25.8. The average Bonchev–Trinajstić information content (AvgIpc) is 3.31. The second-order valence-corrected chi connectivity index (χ2v) is 6.51. The quantitative estimate of drug-likeness (QED) is 0.389. The number of furan rings is 1. The van der Waals surface area contributed by atoms with Crippen LogP contribution in [0.2, 0.25) is 0 Å². The van der Waals surface area contributed by atoms with Crippen molar-refractivity contribution in [3.63, 3.8) is 0 Å². The van der Waals surface area contributed by atoms with E-state index in [-0.39, 0.29) is 17.3 Å². The van der Waals surface area contributed by atoms with Crippen molar-refractivity contribution < 1.29 is 14.3 Å². The maximum Gasteiger partial charge on any atom is 0.331 e. The predicted molar refractivity (Wildman–Crippen MR) is 110 cm³/mol. The fourth-order valence-corrected chi connectivity index (χ4v) is 3.38. The van der Waals surface area contributed by atoms with Crippen molar-refractivity contribution in [1.82, 2.24) is 4.57 Å². The highest BCUT2D eigenvalue weighted by Gasteiger charge is 2.18. The van der Waals surface area contributed by atoms with Crippen molar-refractivity contribution in [2.75, 3.05) is 0 Å². The molecule has 0 spiro atoms. The second kappa shape index (κ2) is 6.76. The number of hydrogen-bond acceptors (Lipinski definition) is 4. The van der Waals surface area contributed by atoms with E-state index in [0.29, 0.717) is 11.0 Å². The first-order valence-electron chi connectivity index (χ1n) is 9.05. The predicted octanol–water partition coefficient (Wildman–Crippen LogP) is 6.01. The van der Waals surface area contributed by atoms with Gasteiger partial charge in [-0.05, 0) is 30.3 Å². The van der Waals surface area contributed by atoms with E-state index >= 15 is 0 Å². The van der Waals surface area contributed by atoms with Gasteiger partial charge in [0, 0.05) is 16.5 Å². The molecular formula is C23H15N3O3. The van der Waals surface area contributed by atoms with Crippen LogP contribution < -0.4 is 0 Å². The molecule has 0 saturated heterocycles. The molecule has 0 aliphatic heterocycles. The Hall–Kier alpha value is -4.19. The smallest absolute Gasteiger partial charge is 0.331 e. The van der Waals surface area contributed by atoms with Crippen molar-refractivity contribution in [1.29, 1.82) is 0 Å². The lowest BCUT2D eigenvalue weighted by Gasteiger charge is -2.06. The van der Waals surface area contributed by atoms with Crippen LogP contribution in [0, 0.1) is 0 Å². The van der Waals surface area contributed by atoms with E-state index in [1.54, 1.807) is 16.7 Å². The summed E-state index contributed by atoms with van der Waals surface area (Å²) in [5.41, 5.74) is 2.39. The van der Waals surface area contributed by atoms with E-state index in [1.165, 1.54) is 0 Å². The lowest BCUT2D eigenvalue weighted by atomic mass is 10.2. The maximum atomic E-state index is 12.5. The lowest BCUT2D eigenvalue weighted by molar-refractivity contribution is 0.0970. The molecule has 1 amide bonds. The monoisotopic (exact) mass is 381 g/mol. The summed E-state index contributed by atoms with van der Waals surface area (Å²) in [5.74, 6) is -0.600. The van der Waals surface area contributed by atoms with Crippen molar-refractivity contribution in [2.45, 2.75) is 0 Å². The van der Waals surface area contributed by atoms with Crippen molar-refractivity contribution in [3.8, 4) is 11.6 Å². The van der Waals surface area contributed by atoms with Gasteiger partial charge in [-0.2, -0.15) is 0 Å². The Morgan fingerprint density at radius 1 is 0.897 bits per heavy atom. The molecule has 0 unspecified atom stereocenters. The third-order valence-electron chi connectivity index (χ3n) is 4.72. The van der Waals surface area contributed by atoms with E-state index in [4.69, 9.17) is 4.42 Å². The van der Waals surface area contributed by atoms with E-state index in [9.17, 15) is 9.90 Å².